The Labute approximate surface area is 338 Å². The molecule has 2 fully saturated rings. The number of nitrogens with two attached hydrogens (primary N) is 1. The highest BCUT2D eigenvalue weighted by Crippen LogP contribution is 2.45. The van der Waals surface area contributed by atoms with Crippen LogP contribution in [-0.2, 0) is 0 Å². The van der Waals surface area contributed by atoms with Crippen LogP contribution in [0.25, 0.3) is 32.9 Å². The summed E-state index contributed by atoms with van der Waals surface area (Å²) in [5, 5.41) is 15.2. The Morgan fingerprint density at radius 3 is 2.47 bits per heavy atom. The number of aromatic hydroxyl groups is 1. The standard InChI is InChI=1S/C44H52F3N7O3Si/c1-24(2)58(25(3)4,26(5)6)18-14-32-34(46)13-12-28-19-30(55)20-33(35(28)32)38-37(47)39-36(42(51-38)56-8)41(50-27(7)31-11-9-16-49-40(31)48)53-43(52-39)57-23-44-15-10-17-54(44)22-29(45)21-44/h9,11-13,16,19-20,24-27,29,55H,10,15,17,21-23H2,1-8H3,(H2,48,49)(H,50,52,53)/t27-,29-,44+/m1/s1. The minimum absolute atomic E-state index is 0.0326. The van der Waals surface area contributed by atoms with E-state index in [0.717, 1.165) is 19.4 Å². The maximum Gasteiger partial charge on any atom is 0.319 e. The summed E-state index contributed by atoms with van der Waals surface area (Å²) >= 11 is 0. The predicted molar refractivity (Wildman–Crippen MR) is 226 cm³/mol. The van der Waals surface area contributed by atoms with Crippen molar-refractivity contribution >= 4 is 41.4 Å². The van der Waals surface area contributed by atoms with E-state index in [2.05, 4.69) is 78.2 Å². The lowest BCUT2D eigenvalue weighted by atomic mass is 9.95. The molecular weight excluding hydrogens is 760 g/mol. The molecule has 14 heteroatoms. The van der Waals surface area contributed by atoms with Crippen LogP contribution in [0.3, 0.4) is 0 Å². The van der Waals surface area contributed by atoms with Crippen molar-refractivity contribution in [3.63, 3.8) is 0 Å². The fourth-order valence-electron chi connectivity index (χ4n) is 9.68. The third-order valence-corrected chi connectivity index (χ3v) is 18.7. The second-order valence-electron chi connectivity index (χ2n) is 16.7. The van der Waals surface area contributed by atoms with E-state index >= 15 is 8.78 Å². The Kier molecular flexibility index (Phi) is 11.3. The molecule has 2 aliphatic heterocycles. The monoisotopic (exact) mass is 811 g/mol. The molecule has 58 heavy (non-hydrogen) atoms. The summed E-state index contributed by atoms with van der Waals surface area (Å²) in [6, 6.07) is 8.66. The van der Waals surface area contributed by atoms with Gasteiger partial charge in [-0.1, -0.05) is 59.6 Å². The van der Waals surface area contributed by atoms with E-state index in [4.69, 9.17) is 20.2 Å². The molecule has 5 aromatic rings. The molecule has 0 spiro atoms. The predicted octanol–water partition coefficient (Wildman–Crippen LogP) is 9.51. The number of nitrogen functional groups attached to an aromatic ring is 1. The second kappa shape index (κ2) is 15.9. The Balaban J connectivity index is 1.45. The number of halogens is 3. The van der Waals surface area contributed by atoms with Gasteiger partial charge in [0.1, 0.15) is 60.7 Å². The molecule has 0 amide bonds. The van der Waals surface area contributed by atoms with Gasteiger partial charge in [-0.05, 0) is 72.6 Å². The Morgan fingerprint density at radius 1 is 1.03 bits per heavy atom. The number of pyridine rings is 2. The molecule has 2 saturated heterocycles. The Bertz CT molecular complexity index is 2420. The van der Waals surface area contributed by atoms with E-state index in [1.165, 1.54) is 31.4 Å². The summed E-state index contributed by atoms with van der Waals surface area (Å²) in [6.07, 6.45) is 2.59. The first-order valence-electron chi connectivity index (χ1n) is 20.0. The summed E-state index contributed by atoms with van der Waals surface area (Å²) in [7, 11) is -0.940. The molecular formula is C44H52F3N7O3Si. The molecule has 2 aromatic carbocycles. The van der Waals surface area contributed by atoms with Gasteiger partial charge in [-0.2, -0.15) is 9.97 Å². The molecule has 4 N–H and O–H groups in total. The molecule has 3 aromatic heterocycles. The van der Waals surface area contributed by atoms with E-state index in [9.17, 15) is 9.50 Å². The van der Waals surface area contributed by atoms with Crippen LogP contribution in [-0.4, -0.2) is 76.5 Å². The van der Waals surface area contributed by atoms with Gasteiger partial charge in [0.25, 0.3) is 0 Å². The van der Waals surface area contributed by atoms with Gasteiger partial charge in [0.2, 0.25) is 5.88 Å². The van der Waals surface area contributed by atoms with Gasteiger partial charge in [0.05, 0.1) is 24.3 Å². The van der Waals surface area contributed by atoms with Crippen LogP contribution < -0.4 is 20.5 Å². The zero-order chi connectivity index (χ0) is 41.7. The topological polar surface area (TPSA) is 132 Å². The summed E-state index contributed by atoms with van der Waals surface area (Å²) in [4.78, 5) is 20.3. The maximum atomic E-state index is 17.6. The van der Waals surface area contributed by atoms with E-state index < -0.39 is 37.5 Å². The summed E-state index contributed by atoms with van der Waals surface area (Å²) in [5.74, 6) is 2.04. The molecule has 306 valence electrons. The van der Waals surface area contributed by atoms with Crippen LogP contribution in [0.1, 0.15) is 84.9 Å². The zero-order valence-electron chi connectivity index (χ0n) is 34.4. The van der Waals surface area contributed by atoms with E-state index in [1.807, 2.05) is 13.0 Å². The first-order valence-corrected chi connectivity index (χ1v) is 22.3. The lowest BCUT2D eigenvalue weighted by Gasteiger charge is -2.38. The van der Waals surface area contributed by atoms with Gasteiger partial charge in [-0.25, -0.2) is 23.1 Å². The number of nitrogens with zero attached hydrogens (tertiary/aromatic N) is 5. The number of hydrogen-bond acceptors (Lipinski definition) is 10. The third kappa shape index (κ3) is 7.17. The van der Waals surface area contributed by atoms with Crippen LogP contribution in [0, 0.1) is 23.1 Å². The normalized spacial score (nSPS) is 18.9. The van der Waals surface area contributed by atoms with Gasteiger partial charge in [-0.15, -0.1) is 5.54 Å². The SMILES string of the molecule is COc1nc(-c2cc(O)cc3ccc(F)c(C#C[Si](C(C)C)(C(C)C)C(C)C)c23)c(F)c2nc(OC[C@@]34CCCN3C[C@H](F)C4)nc(N[C@H](C)c3cccnc3N)c12. The fraction of sp³-hybridized carbons (Fsp3) is 0.455. The van der Waals surface area contributed by atoms with Crippen molar-refractivity contribution in [3.8, 4) is 40.4 Å². The van der Waals surface area contributed by atoms with Gasteiger partial charge < -0.3 is 25.6 Å². The molecule has 10 nitrogen and oxygen atoms in total. The Morgan fingerprint density at radius 2 is 1.78 bits per heavy atom. The van der Waals surface area contributed by atoms with E-state index in [0.29, 0.717) is 35.1 Å². The van der Waals surface area contributed by atoms with Crippen molar-refractivity contribution in [2.75, 3.05) is 37.9 Å². The van der Waals surface area contributed by atoms with Crippen molar-refractivity contribution in [3.05, 3.63) is 65.4 Å². The van der Waals surface area contributed by atoms with E-state index in [1.54, 1.807) is 12.3 Å². The second-order valence-corrected chi connectivity index (χ2v) is 22.3. The first kappa shape index (κ1) is 41.0. The van der Waals surface area contributed by atoms with Crippen molar-refractivity contribution in [1.82, 2.24) is 24.8 Å². The molecule has 2 aliphatic rings. The highest BCUT2D eigenvalue weighted by atomic mass is 28.3. The van der Waals surface area contributed by atoms with Crippen molar-refractivity contribution in [2.24, 2.45) is 0 Å². The van der Waals surface area contributed by atoms with Crippen LogP contribution in [0.15, 0.2) is 42.6 Å². The number of alkyl halides is 1. The van der Waals surface area contributed by atoms with Crippen LogP contribution in [0.5, 0.6) is 17.6 Å². The van der Waals surface area contributed by atoms with Crippen LogP contribution >= 0.6 is 0 Å². The number of ether oxygens (including phenoxy) is 2. The number of methoxy groups -OCH3 is 1. The fourth-order valence-corrected chi connectivity index (χ4v) is 14.9. The van der Waals surface area contributed by atoms with E-state index in [-0.39, 0.29) is 74.4 Å². The van der Waals surface area contributed by atoms with Crippen molar-refractivity contribution < 1.29 is 27.8 Å². The molecule has 0 unspecified atom stereocenters. The number of nitrogens with one attached hydrogen (secondary N) is 1. The van der Waals surface area contributed by atoms with Gasteiger partial charge >= 0.3 is 6.01 Å². The zero-order valence-corrected chi connectivity index (χ0v) is 35.4. The minimum Gasteiger partial charge on any atom is -0.508 e. The number of fused-ring (bicyclic) bond motifs is 3. The smallest absolute Gasteiger partial charge is 0.319 e. The number of aromatic nitrogens is 4. The van der Waals surface area contributed by atoms with Gasteiger partial charge in [0.15, 0.2) is 5.82 Å². The lowest BCUT2D eigenvalue weighted by Crippen LogP contribution is -2.43. The molecule has 3 atom stereocenters. The highest BCUT2D eigenvalue weighted by Gasteiger charge is 2.49. The largest absolute Gasteiger partial charge is 0.508 e. The van der Waals surface area contributed by atoms with Crippen molar-refractivity contribution in [2.45, 2.75) is 102 Å². The molecule has 5 heterocycles. The maximum absolute atomic E-state index is 17.6. The number of benzene rings is 2. The molecule has 7 rings (SSSR count). The molecule has 0 saturated carbocycles. The molecule has 0 bridgehead atoms. The van der Waals surface area contributed by atoms with Crippen LogP contribution in [0.2, 0.25) is 16.6 Å². The quantitative estimate of drug-likeness (QED) is 0.0876. The molecule has 0 radical (unpaired) electrons. The highest BCUT2D eigenvalue weighted by molar-refractivity contribution is 6.90. The number of anilines is 2. The molecule has 0 aliphatic carbocycles. The van der Waals surface area contributed by atoms with Gasteiger partial charge in [0, 0.05) is 35.7 Å². The number of rotatable bonds is 11. The van der Waals surface area contributed by atoms with Gasteiger partial charge in [-0.3, -0.25) is 4.90 Å². The number of phenols is 1. The summed E-state index contributed by atoms with van der Waals surface area (Å²) < 4.78 is 60.5. The summed E-state index contributed by atoms with van der Waals surface area (Å²) in [5.41, 5.74) is 10.6. The summed E-state index contributed by atoms with van der Waals surface area (Å²) in [6.45, 7) is 16.1. The first-order chi connectivity index (χ1) is 27.6. The number of phenolic OH excluding ortho intramolecular Hbond substituents is 1. The van der Waals surface area contributed by atoms with Crippen molar-refractivity contribution in [1.29, 1.82) is 0 Å². The van der Waals surface area contributed by atoms with Crippen LogP contribution in [0.4, 0.5) is 24.8 Å². The number of hydrogen-bond donors (Lipinski definition) is 3. The average Bonchev–Trinajstić information content (AvgIpc) is 3.70. The Hall–Kier alpha value is -5.13. The third-order valence-electron chi connectivity index (χ3n) is 12.4. The minimum atomic E-state index is -2.34. The average molecular weight is 812 g/mol. The lowest BCUT2D eigenvalue weighted by molar-refractivity contribution is 0.107.